The lowest BCUT2D eigenvalue weighted by Crippen LogP contribution is -2.38. The number of amides is 1. The Bertz CT molecular complexity index is 463. The van der Waals surface area contributed by atoms with Gasteiger partial charge in [0.1, 0.15) is 0 Å². The fourth-order valence-corrected chi connectivity index (χ4v) is 1.79. The number of alkyl halides is 2. The first-order chi connectivity index (χ1) is 8.88. The molecule has 0 aromatic heterocycles. The molecule has 0 aliphatic heterocycles. The molecule has 0 aliphatic rings. The topological polar surface area (TPSA) is 57.6 Å². The minimum absolute atomic E-state index is 0.158. The summed E-state index contributed by atoms with van der Waals surface area (Å²) in [6.45, 7) is 3.31. The Kier molecular flexibility index (Phi) is 4.97. The maximum atomic E-state index is 12.6. The number of halogens is 2. The Hall–Kier alpha value is -1.98. The number of hydrogen-bond donors (Lipinski definition) is 1. The van der Waals surface area contributed by atoms with E-state index in [1.807, 2.05) is 0 Å². The molecule has 1 amide bonds. The number of rotatable bonds is 6. The van der Waals surface area contributed by atoms with Crippen LogP contribution in [0.1, 0.15) is 37.4 Å². The minimum Gasteiger partial charge on any atom is -0.479 e. The van der Waals surface area contributed by atoms with Crippen LogP contribution in [-0.2, 0) is 9.59 Å². The molecule has 4 nitrogen and oxygen atoms in total. The molecule has 6 heteroatoms. The molecule has 1 atom stereocenters. The van der Waals surface area contributed by atoms with Gasteiger partial charge >= 0.3 is 5.97 Å². The van der Waals surface area contributed by atoms with Gasteiger partial charge in [0.2, 0.25) is 6.41 Å². The molecule has 0 spiro atoms. The maximum absolute atomic E-state index is 12.6. The van der Waals surface area contributed by atoms with E-state index < -0.39 is 18.4 Å². The molecule has 104 valence electrons. The summed E-state index contributed by atoms with van der Waals surface area (Å²) in [4.78, 5) is 23.4. The summed E-state index contributed by atoms with van der Waals surface area (Å²) < 4.78 is 25.2. The van der Waals surface area contributed by atoms with Gasteiger partial charge in [-0.05, 0) is 25.5 Å². The molecule has 0 bridgehead atoms. The van der Waals surface area contributed by atoms with Gasteiger partial charge in [-0.15, -0.1) is 0 Å². The molecule has 0 radical (unpaired) electrons. The van der Waals surface area contributed by atoms with Crippen LogP contribution in [-0.4, -0.2) is 28.4 Å². The second kappa shape index (κ2) is 6.26. The van der Waals surface area contributed by atoms with E-state index in [0.29, 0.717) is 6.41 Å². The van der Waals surface area contributed by atoms with Crippen molar-refractivity contribution in [3.05, 3.63) is 35.4 Å². The lowest BCUT2D eigenvalue weighted by atomic mass is 10.0. The van der Waals surface area contributed by atoms with Crippen LogP contribution in [0.4, 0.5) is 8.78 Å². The van der Waals surface area contributed by atoms with E-state index in [-0.39, 0.29) is 17.2 Å². The molecule has 1 aromatic rings. The Morgan fingerprint density at radius 1 is 1.32 bits per heavy atom. The van der Waals surface area contributed by atoms with Crippen molar-refractivity contribution in [3.63, 3.8) is 0 Å². The lowest BCUT2D eigenvalue weighted by Gasteiger charge is -2.29. The third kappa shape index (κ3) is 3.49. The molecule has 0 heterocycles. The number of aliphatic carboxylic acids is 1. The molecule has 0 saturated carbocycles. The average molecular weight is 271 g/mol. The van der Waals surface area contributed by atoms with Crippen LogP contribution in [0.3, 0.4) is 0 Å². The largest absolute Gasteiger partial charge is 0.479 e. The molecule has 1 aromatic carbocycles. The van der Waals surface area contributed by atoms with Crippen molar-refractivity contribution in [3.8, 4) is 0 Å². The normalized spacial score (nSPS) is 12.5. The van der Waals surface area contributed by atoms with E-state index in [1.54, 1.807) is 13.8 Å². The number of carboxylic acid groups (broad SMARTS) is 1. The standard InChI is InChI=1S/C13H15F2NO3/c1-8(2)16(7-17)11(13(18)19)9-4-3-5-10(6-9)12(14)15/h3-8,11-12H,1-2H3,(H,18,19). The van der Waals surface area contributed by atoms with Crippen molar-refractivity contribution in [2.75, 3.05) is 0 Å². The van der Waals surface area contributed by atoms with Crippen LogP contribution < -0.4 is 0 Å². The summed E-state index contributed by atoms with van der Waals surface area (Å²) in [6.07, 6.45) is -2.27. The zero-order chi connectivity index (χ0) is 14.6. The number of hydrogen-bond acceptors (Lipinski definition) is 2. The predicted molar refractivity (Wildman–Crippen MR) is 64.8 cm³/mol. The van der Waals surface area contributed by atoms with Crippen LogP contribution in [0.2, 0.25) is 0 Å². The highest BCUT2D eigenvalue weighted by atomic mass is 19.3. The average Bonchev–Trinajstić information content (AvgIpc) is 2.34. The van der Waals surface area contributed by atoms with Gasteiger partial charge in [0.25, 0.3) is 6.43 Å². The van der Waals surface area contributed by atoms with E-state index in [2.05, 4.69) is 0 Å². The molecule has 0 saturated heterocycles. The molecular formula is C13H15F2NO3. The van der Waals surface area contributed by atoms with Gasteiger partial charge in [-0.1, -0.05) is 18.2 Å². The van der Waals surface area contributed by atoms with E-state index in [9.17, 15) is 23.5 Å². The Morgan fingerprint density at radius 3 is 2.32 bits per heavy atom. The zero-order valence-electron chi connectivity index (χ0n) is 10.6. The maximum Gasteiger partial charge on any atom is 0.331 e. The smallest absolute Gasteiger partial charge is 0.331 e. The number of carboxylic acids is 1. The number of nitrogens with zero attached hydrogens (tertiary/aromatic N) is 1. The fraction of sp³-hybridized carbons (Fsp3) is 0.385. The number of benzene rings is 1. The van der Waals surface area contributed by atoms with Crippen molar-refractivity contribution in [1.82, 2.24) is 4.90 Å². The quantitative estimate of drug-likeness (QED) is 0.809. The molecular weight excluding hydrogens is 256 g/mol. The summed E-state index contributed by atoms with van der Waals surface area (Å²) in [6, 6.07) is 3.49. The first kappa shape index (κ1) is 15.1. The Labute approximate surface area is 109 Å². The van der Waals surface area contributed by atoms with Crippen LogP contribution in [0.25, 0.3) is 0 Å². The number of carbonyl (C=O) groups excluding carboxylic acids is 1. The third-order valence-electron chi connectivity index (χ3n) is 2.73. The van der Waals surface area contributed by atoms with Gasteiger partial charge in [0.15, 0.2) is 6.04 Å². The van der Waals surface area contributed by atoms with Crippen molar-refractivity contribution in [2.45, 2.75) is 32.4 Å². The highest BCUT2D eigenvalue weighted by molar-refractivity contribution is 5.78. The highest BCUT2D eigenvalue weighted by Gasteiger charge is 2.28. The van der Waals surface area contributed by atoms with Crippen molar-refractivity contribution in [2.24, 2.45) is 0 Å². The van der Waals surface area contributed by atoms with E-state index >= 15 is 0 Å². The van der Waals surface area contributed by atoms with E-state index in [4.69, 9.17) is 0 Å². The summed E-state index contributed by atoms with van der Waals surface area (Å²) in [7, 11) is 0. The van der Waals surface area contributed by atoms with Crippen LogP contribution >= 0.6 is 0 Å². The first-order valence-corrected chi connectivity index (χ1v) is 5.72. The highest BCUT2D eigenvalue weighted by Crippen LogP contribution is 2.26. The summed E-state index contributed by atoms with van der Waals surface area (Å²) in [5, 5.41) is 9.22. The second-order valence-corrected chi connectivity index (χ2v) is 4.36. The van der Waals surface area contributed by atoms with Crippen molar-refractivity contribution in [1.29, 1.82) is 0 Å². The molecule has 1 N–H and O–H groups in total. The van der Waals surface area contributed by atoms with Gasteiger partial charge in [0.05, 0.1) is 0 Å². The third-order valence-corrected chi connectivity index (χ3v) is 2.73. The first-order valence-electron chi connectivity index (χ1n) is 5.72. The molecule has 0 aliphatic carbocycles. The van der Waals surface area contributed by atoms with Gasteiger partial charge in [-0.2, -0.15) is 0 Å². The fourth-order valence-electron chi connectivity index (χ4n) is 1.79. The van der Waals surface area contributed by atoms with Crippen molar-refractivity contribution >= 4 is 12.4 Å². The van der Waals surface area contributed by atoms with Gasteiger partial charge in [-0.3, -0.25) is 4.79 Å². The number of carbonyl (C=O) groups is 2. The Morgan fingerprint density at radius 2 is 1.89 bits per heavy atom. The van der Waals surface area contributed by atoms with Crippen LogP contribution in [0, 0.1) is 0 Å². The predicted octanol–water partition coefficient (Wildman–Crippen LogP) is 2.62. The molecule has 1 rings (SSSR count). The van der Waals surface area contributed by atoms with Crippen molar-refractivity contribution < 1.29 is 23.5 Å². The van der Waals surface area contributed by atoms with Gasteiger partial charge < -0.3 is 10.0 Å². The van der Waals surface area contributed by atoms with E-state index in [0.717, 1.165) is 11.0 Å². The molecule has 1 unspecified atom stereocenters. The van der Waals surface area contributed by atoms with Gasteiger partial charge in [-0.25, -0.2) is 13.6 Å². The van der Waals surface area contributed by atoms with E-state index in [1.165, 1.54) is 18.2 Å². The molecule has 19 heavy (non-hydrogen) atoms. The molecule has 0 fully saturated rings. The zero-order valence-corrected chi connectivity index (χ0v) is 10.6. The minimum atomic E-state index is -2.68. The van der Waals surface area contributed by atoms with Crippen LogP contribution in [0.15, 0.2) is 24.3 Å². The summed E-state index contributed by atoms with van der Waals surface area (Å²) >= 11 is 0. The van der Waals surface area contributed by atoms with Gasteiger partial charge in [0, 0.05) is 11.6 Å². The lowest BCUT2D eigenvalue weighted by molar-refractivity contribution is -0.148. The summed E-state index contributed by atoms with van der Waals surface area (Å²) in [5.41, 5.74) is -0.107. The van der Waals surface area contributed by atoms with Crippen LogP contribution in [0.5, 0.6) is 0 Å². The second-order valence-electron chi connectivity index (χ2n) is 4.36. The SMILES string of the molecule is CC(C)N(C=O)C(C(=O)O)c1cccc(C(F)F)c1. The summed E-state index contributed by atoms with van der Waals surface area (Å²) in [5.74, 6) is -1.26. The Balaban J connectivity index is 3.22. The monoisotopic (exact) mass is 271 g/mol.